The molecule has 10 heteroatoms. The lowest BCUT2D eigenvalue weighted by Gasteiger charge is -2.32. The fourth-order valence-corrected chi connectivity index (χ4v) is 4.47. The summed E-state index contributed by atoms with van der Waals surface area (Å²) in [6, 6.07) is 2.87. The number of carbonyl (C=O) groups excluding carboxylic acids is 1. The largest absolute Gasteiger partial charge is 0.463 e. The second-order valence-corrected chi connectivity index (χ2v) is 7.57. The summed E-state index contributed by atoms with van der Waals surface area (Å²) in [4.78, 5) is 13.7. The molecule has 2 fully saturated rings. The zero-order valence-electron chi connectivity index (χ0n) is 13.4. The molecule has 1 unspecified atom stereocenters. The smallest absolute Gasteiger partial charge is 0.374 e. The Balaban J connectivity index is 0.00000208. The van der Waals surface area contributed by atoms with Crippen LogP contribution in [0.3, 0.4) is 0 Å². The van der Waals surface area contributed by atoms with Crippen LogP contribution in [0.1, 0.15) is 17.0 Å². The molecule has 1 aromatic heterocycles. The quantitative estimate of drug-likeness (QED) is 0.745. The third kappa shape index (κ3) is 3.75. The molecule has 0 amide bonds. The SMILES string of the molecule is COC(=O)c1ccc(S(=O)(=O)N2CCC(N3CCNCC3)C2)o1.Cl. The van der Waals surface area contributed by atoms with Crippen molar-refractivity contribution in [2.75, 3.05) is 46.4 Å². The Morgan fingerprint density at radius 2 is 2.00 bits per heavy atom. The van der Waals surface area contributed by atoms with Gasteiger partial charge in [-0.05, 0) is 18.6 Å². The van der Waals surface area contributed by atoms with E-state index in [1.807, 2.05) is 0 Å². The first-order valence-corrected chi connectivity index (χ1v) is 9.09. The summed E-state index contributed by atoms with van der Waals surface area (Å²) in [5, 5.41) is 3.08. The number of rotatable bonds is 4. The van der Waals surface area contributed by atoms with E-state index in [1.54, 1.807) is 0 Å². The van der Waals surface area contributed by atoms with Gasteiger partial charge in [-0.25, -0.2) is 13.2 Å². The molecular formula is C14H22ClN3O5S. The lowest BCUT2D eigenvalue weighted by molar-refractivity contribution is 0.0558. The van der Waals surface area contributed by atoms with Crippen LogP contribution in [0.15, 0.2) is 21.6 Å². The maximum Gasteiger partial charge on any atom is 0.374 e. The Bertz CT molecular complexity index is 672. The molecule has 136 valence electrons. The maximum atomic E-state index is 12.6. The van der Waals surface area contributed by atoms with Gasteiger partial charge in [0.2, 0.25) is 10.9 Å². The van der Waals surface area contributed by atoms with Crippen molar-refractivity contribution in [1.82, 2.24) is 14.5 Å². The van der Waals surface area contributed by atoms with Crippen molar-refractivity contribution in [3.63, 3.8) is 0 Å². The number of hydrogen-bond acceptors (Lipinski definition) is 7. The average Bonchev–Trinajstić information content (AvgIpc) is 3.25. The Morgan fingerprint density at radius 3 is 2.67 bits per heavy atom. The van der Waals surface area contributed by atoms with E-state index in [1.165, 1.54) is 23.5 Å². The number of methoxy groups -OCH3 is 1. The van der Waals surface area contributed by atoms with Crippen molar-refractivity contribution in [2.45, 2.75) is 17.6 Å². The molecule has 8 nitrogen and oxygen atoms in total. The van der Waals surface area contributed by atoms with Crippen molar-refractivity contribution in [2.24, 2.45) is 0 Å². The highest BCUT2D eigenvalue weighted by Gasteiger charge is 2.37. The van der Waals surface area contributed by atoms with Gasteiger partial charge in [-0.2, -0.15) is 4.31 Å². The number of ether oxygens (including phenoxy) is 1. The van der Waals surface area contributed by atoms with Gasteiger partial charge in [0.05, 0.1) is 7.11 Å². The van der Waals surface area contributed by atoms with Gasteiger partial charge in [0.1, 0.15) is 0 Å². The van der Waals surface area contributed by atoms with Gasteiger partial charge in [-0.1, -0.05) is 0 Å². The van der Waals surface area contributed by atoms with Crippen LogP contribution < -0.4 is 5.32 Å². The minimum atomic E-state index is -3.71. The third-order valence-corrected chi connectivity index (χ3v) is 6.10. The van der Waals surface area contributed by atoms with Gasteiger partial charge >= 0.3 is 5.97 Å². The fraction of sp³-hybridized carbons (Fsp3) is 0.643. The van der Waals surface area contributed by atoms with E-state index < -0.39 is 16.0 Å². The first kappa shape index (κ1) is 19.2. The summed E-state index contributed by atoms with van der Waals surface area (Å²) in [5.41, 5.74) is 0. The molecule has 1 N–H and O–H groups in total. The van der Waals surface area contributed by atoms with Crippen LogP contribution in [-0.2, 0) is 14.8 Å². The molecular weight excluding hydrogens is 358 g/mol. The Kier molecular flexibility index (Phi) is 6.27. The Labute approximate surface area is 147 Å². The average molecular weight is 380 g/mol. The lowest BCUT2D eigenvalue weighted by atomic mass is 10.2. The third-order valence-electron chi connectivity index (χ3n) is 4.36. The molecule has 0 saturated carbocycles. The highest BCUT2D eigenvalue weighted by molar-refractivity contribution is 7.89. The first-order valence-electron chi connectivity index (χ1n) is 7.65. The maximum absolute atomic E-state index is 12.6. The van der Waals surface area contributed by atoms with Crippen LogP contribution in [0.5, 0.6) is 0 Å². The first-order chi connectivity index (χ1) is 11.0. The van der Waals surface area contributed by atoms with Gasteiger partial charge in [-0.3, -0.25) is 4.90 Å². The van der Waals surface area contributed by atoms with E-state index in [2.05, 4.69) is 15.0 Å². The van der Waals surface area contributed by atoms with Gasteiger partial charge in [-0.15, -0.1) is 12.4 Å². The number of nitrogens with one attached hydrogen (secondary N) is 1. The Morgan fingerprint density at radius 1 is 1.29 bits per heavy atom. The monoisotopic (exact) mass is 379 g/mol. The predicted molar refractivity (Wildman–Crippen MR) is 88.9 cm³/mol. The molecule has 1 atom stereocenters. The predicted octanol–water partition coefficient (Wildman–Crippen LogP) is 0.156. The van der Waals surface area contributed by atoms with Gasteiger partial charge in [0.15, 0.2) is 0 Å². The minimum Gasteiger partial charge on any atom is -0.463 e. The molecule has 0 bridgehead atoms. The summed E-state index contributed by atoms with van der Waals surface area (Å²) in [7, 11) is -2.49. The van der Waals surface area contributed by atoms with Crippen molar-refractivity contribution in [3.8, 4) is 0 Å². The number of esters is 1. The molecule has 2 saturated heterocycles. The Hall–Kier alpha value is -1.13. The zero-order chi connectivity index (χ0) is 16.4. The highest BCUT2D eigenvalue weighted by Crippen LogP contribution is 2.25. The normalized spacial score (nSPS) is 23.0. The van der Waals surface area contributed by atoms with Crippen molar-refractivity contribution >= 4 is 28.4 Å². The lowest BCUT2D eigenvalue weighted by Crippen LogP contribution is -2.49. The van der Waals surface area contributed by atoms with Crippen molar-refractivity contribution in [3.05, 3.63) is 17.9 Å². The number of sulfonamides is 1. The summed E-state index contributed by atoms with van der Waals surface area (Å²) >= 11 is 0. The molecule has 24 heavy (non-hydrogen) atoms. The van der Waals surface area contributed by atoms with Gasteiger partial charge in [0.25, 0.3) is 10.0 Å². The molecule has 1 aromatic rings. The zero-order valence-corrected chi connectivity index (χ0v) is 15.1. The molecule has 0 aliphatic carbocycles. The van der Waals surface area contributed by atoms with Crippen LogP contribution in [-0.4, -0.2) is 76.0 Å². The van der Waals surface area contributed by atoms with E-state index in [9.17, 15) is 13.2 Å². The summed E-state index contributed by atoms with van der Waals surface area (Å²) in [6.07, 6.45) is 0.809. The minimum absolute atomic E-state index is 0. The van der Waals surface area contributed by atoms with Gasteiger partial charge in [0, 0.05) is 45.3 Å². The molecule has 0 spiro atoms. The second-order valence-electron chi connectivity index (χ2n) is 5.70. The molecule has 3 heterocycles. The summed E-state index contributed by atoms with van der Waals surface area (Å²) < 4.78 is 36.4. The molecule has 2 aliphatic heterocycles. The topological polar surface area (TPSA) is 92.1 Å². The van der Waals surface area contributed by atoms with E-state index in [0.717, 1.165) is 32.6 Å². The van der Waals surface area contributed by atoms with Crippen LogP contribution in [0.25, 0.3) is 0 Å². The molecule has 0 radical (unpaired) electrons. The number of carbonyl (C=O) groups is 1. The summed E-state index contributed by atoms with van der Waals surface area (Å²) in [6.45, 7) is 4.66. The number of hydrogen-bond donors (Lipinski definition) is 1. The number of nitrogens with zero attached hydrogens (tertiary/aromatic N) is 2. The fourth-order valence-electron chi connectivity index (χ4n) is 3.07. The molecule has 3 rings (SSSR count). The van der Waals surface area contributed by atoms with Crippen LogP contribution in [0, 0.1) is 0 Å². The van der Waals surface area contributed by atoms with E-state index >= 15 is 0 Å². The van der Waals surface area contributed by atoms with E-state index in [4.69, 9.17) is 4.42 Å². The van der Waals surface area contributed by atoms with Crippen molar-refractivity contribution in [1.29, 1.82) is 0 Å². The number of furan rings is 1. The number of halogens is 1. The summed E-state index contributed by atoms with van der Waals surface area (Å²) in [5.74, 6) is -0.796. The van der Waals surface area contributed by atoms with Gasteiger partial charge < -0.3 is 14.5 Å². The molecule has 0 aromatic carbocycles. The van der Waals surface area contributed by atoms with E-state index in [0.29, 0.717) is 13.1 Å². The van der Waals surface area contributed by atoms with Crippen molar-refractivity contribution < 1.29 is 22.4 Å². The van der Waals surface area contributed by atoms with Crippen LogP contribution in [0.4, 0.5) is 0 Å². The second kappa shape index (κ2) is 7.83. The molecule has 2 aliphatic rings. The van der Waals surface area contributed by atoms with E-state index in [-0.39, 0.29) is 29.3 Å². The van der Waals surface area contributed by atoms with Crippen LogP contribution in [0.2, 0.25) is 0 Å². The van der Waals surface area contributed by atoms with Crippen LogP contribution >= 0.6 is 12.4 Å². The number of piperazine rings is 1. The standard InChI is InChI=1S/C14H21N3O5S.ClH/c1-21-14(18)12-2-3-13(22-12)23(19,20)17-7-4-11(10-17)16-8-5-15-6-9-16;/h2-3,11,15H,4-10H2,1H3;1H. The highest BCUT2D eigenvalue weighted by atomic mass is 35.5.